The van der Waals surface area contributed by atoms with Gasteiger partial charge in [0.2, 0.25) is 11.8 Å². The molecule has 2 aliphatic rings. The highest BCUT2D eigenvalue weighted by Crippen LogP contribution is 2.33. The van der Waals surface area contributed by atoms with Crippen LogP contribution in [0.2, 0.25) is 5.02 Å². The standard InChI is InChI=1S/C21H22ClN3O2/c1-15(26)25-19-5-3-2-4-16(19)14-20(25)21(27)24-12-10-23(11-13-24)18-8-6-17(22)7-9-18/h2-9,20H,10-14H2,1H3. The van der Waals surface area contributed by atoms with Crippen molar-refractivity contribution in [3.05, 3.63) is 59.1 Å². The largest absolute Gasteiger partial charge is 0.368 e. The highest BCUT2D eigenvalue weighted by atomic mass is 35.5. The van der Waals surface area contributed by atoms with Gasteiger partial charge in [0, 0.05) is 55.9 Å². The summed E-state index contributed by atoms with van der Waals surface area (Å²) in [6.45, 7) is 4.38. The maximum atomic E-state index is 13.2. The van der Waals surface area contributed by atoms with Crippen molar-refractivity contribution < 1.29 is 9.59 Å². The van der Waals surface area contributed by atoms with Gasteiger partial charge in [0.15, 0.2) is 0 Å². The Hall–Kier alpha value is -2.53. The maximum absolute atomic E-state index is 13.2. The van der Waals surface area contributed by atoms with Crippen LogP contribution in [-0.4, -0.2) is 48.9 Å². The number of rotatable bonds is 2. The van der Waals surface area contributed by atoms with Crippen LogP contribution in [0, 0.1) is 0 Å². The van der Waals surface area contributed by atoms with Gasteiger partial charge in [-0.25, -0.2) is 0 Å². The predicted octanol–water partition coefficient (Wildman–Crippen LogP) is 2.97. The second-order valence-corrected chi connectivity index (χ2v) is 7.46. The molecule has 1 unspecified atom stereocenters. The molecule has 6 heteroatoms. The van der Waals surface area contributed by atoms with E-state index < -0.39 is 6.04 Å². The van der Waals surface area contributed by atoms with Crippen LogP contribution >= 0.6 is 11.6 Å². The van der Waals surface area contributed by atoms with Gasteiger partial charge < -0.3 is 9.80 Å². The van der Waals surface area contributed by atoms with E-state index in [1.165, 1.54) is 6.92 Å². The smallest absolute Gasteiger partial charge is 0.246 e. The summed E-state index contributed by atoms with van der Waals surface area (Å²) in [5.41, 5.74) is 3.04. The Labute approximate surface area is 164 Å². The zero-order valence-electron chi connectivity index (χ0n) is 15.3. The third kappa shape index (κ3) is 3.39. The van der Waals surface area contributed by atoms with Gasteiger partial charge in [0.25, 0.3) is 0 Å². The molecule has 2 aromatic rings. The molecule has 2 amide bonds. The molecule has 0 saturated carbocycles. The number of anilines is 2. The first kappa shape index (κ1) is 17.9. The summed E-state index contributed by atoms with van der Waals surface area (Å²) >= 11 is 5.96. The number of hydrogen-bond donors (Lipinski definition) is 0. The fraction of sp³-hybridized carbons (Fsp3) is 0.333. The highest BCUT2D eigenvalue weighted by Gasteiger charge is 2.39. The number of piperazine rings is 1. The Morgan fingerprint density at radius 1 is 0.963 bits per heavy atom. The SMILES string of the molecule is CC(=O)N1c2ccccc2CC1C(=O)N1CCN(c2ccc(Cl)cc2)CC1. The van der Waals surface area contributed by atoms with Gasteiger partial charge in [-0.15, -0.1) is 0 Å². The summed E-state index contributed by atoms with van der Waals surface area (Å²) < 4.78 is 0. The van der Waals surface area contributed by atoms with E-state index in [1.807, 2.05) is 53.4 Å². The number of carbonyl (C=O) groups is 2. The molecular weight excluding hydrogens is 362 g/mol. The zero-order chi connectivity index (χ0) is 19.0. The number of para-hydroxylation sites is 1. The minimum absolute atomic E-state index is 0.0390. The number of fused-ring (bicyclic) bond motifs is 1. The van der Waals surface area contributed by atoms with Crippen LogP contribution < -0.4 is 9.80 Å². The van der Waals surface area contributed by atoms with Gasteiger partial charge in [-0.1, -0.05) is 29.8 Å². The van der Waals surface area contributed by atoms with Crippen LogP contribution in [-0.2, 0) is 16.0 Å². The third-order valence-corrected chi connectivity index (χ3v) is 5.64. The van der Waals surface area contributed by atoms with E-state index in [9.17, 15) is 9.59 Å². The van der Waals surface area contributed by atoms with E-state index in [0.717, 1.165) is 35.1 Å². The molecular formula is C21H22ClN3O2. The molecule has 1 fully saturated rings. The minimum atomic E-state index is -0.429. The minimum Gasteiger partial charge on any atom is -0.368 e. The van der Waals surface area contributed by atoms with Crippen molar-refractivity contribution in [3.63, 3.8) is 0 Å². The second-order valence-electron chi connectivity index (χ2n) is 7.03. The topological polar surface area (TPSA) is 43.9 Å². The van der Waals surface area contributed by atoms with Crippen molar-refractivity contribution in [1.29, 1.82) is 0 Å². The van der Waals surface area contributed by atoms with Crippen molar-refractivity contribution in [3.8, 4) is 0 Å². The second kappa shape index (κ2) is 7.24. The van der Waals surface area contributed by atoms with Crippen LogP contribution in [0.1, 0.15) is 12.5 Å². The predicted molar refractivity (Wildman–Crippen MR) is 107 cm³/mol. The molecule has 0 aromatic heterocycles. The van der Waals surface area contributed by atoms with Crippen molar-refractivity contribution in [2.24, 2.45) is 0 Å². The molecule has 0 spiro atoms. The average molecular weight is 384 g/mol. The van der Waals surface area contributed by atoms with Crippen LogP contribution in [0.4, 0.5) is 11.4 Å². The van der Waals surface area contributed by atoms with Gasteiger partial charge in [-0.3, -0.25) is 14.5 Å². The van der Waals surface area contributed by atoms with Gasteiger partial charge in [0.05, 0.1) is 0 Å². The number of amides is 2. The molecule has 1 saturated heterocycles. The van der Waals surface area contributed by atoms with Gasteiger partial charge in [0.1, 0.15) is 6.04 Å². The summed E-state index contributed by atoms with van der Waals surface area (Å²) in [5.74, 6) is -0.0461. The molecule has 2 heterocycles. The molecule has 0 radical (unpaired) electrons. The zero-order valence-corrected chi connectivity index (χ0v) is 16.0. The molecule has 140 valence electrons. The molecule has 0 aliphatic carbocycles. The lowest BCUT2D eigenvalue weighted by Gasteiger charge is -2.38. The molecule has 0 bridgehead atoms. The third-order valence-electron chi connectivity index (χ3n) is 5.38. The Kier molecular flexibility index (Phi) is 4.79. The van der Waals surface area contributed by atoms with E-state index in [1.54, 1.807) is 4.90 Å². The number of nitrogens with zero attached hydrogens (tertiary/aromatic N) is 3. The number of benzene rings is 2. The first-order chi connectivity index (χ1) is 13.0. The molecule has 5 nitrogen and oxygen atoms in total. The normalized spacial score (nSPS) is 19.2. The van der Waals surface area contributed by atoms with Gasteiger partial charge in [-0.05, 0) is 35.9 Å². The molecule has 27 heavy (non-hydrogen) atoms. The molecule has 1 atom stereocenters. The lowest BCUT2D eigenvalue weighted by Crippen LogP contribution is -2.55. The van der Waals surface area contributed by atoms with Gasteiger partial charge >= 0.3 is 0 Å². The number of halogens is 1. The van der Waals surface area contributed by atoms with Gasteiger partial charge in [-0.2, -0.15) is 0 Å². The molecule has 2 aromatic carbocycles. The lowest BCUT2D eigenvalue weighted by atomic mass is 10.1. The number of hydrogen-bond acceptors (Lipinski definition) is 3. The molecule has 2 aliphatic heterocycles. The summed E-state index contributed by atoms with van der Waals surface area (Å²) in [6.07, 6.45) is 0.589. The fourth-order valence-electron chi connectivity index (χ4n) is 4.02. The van der Waals surface area contributed by atoms with Crippen molar-refractivity contribution in [2.75, 3.05) is 36.0 Å². The Morgan fingerprint density at radius 3 is 2.30 bits per heavy atom. The average Bonchev–Trinajstić information content (AvgIpc) is 3.08. The number of carbonyl (C=O) groups excluding carboxylic acids is 2. The lowest BCUT2D eigenvalue weighted by molar-refractivity contribution is -0.134. The monoisotopic (exact) mass is 383 g/mol. The highest BCUT2D eigenvalue weighted by molar-refractivity contribution is 6.30. The van der Waals surface area contributed by atoms with E-state index in [4.69, 9.17) is 11.6 Å². The van der Waals surface area contributed by atoms with E-state index in [0.29, 0.717) is 19.5 Å². The van der Waals surface area contributed by atoms with E-state index >= 15 is 0 Å². The fourth-order valence-corrected chi connectivity index (χ4v) is 4.15. The quantitative estimate of drug-likeness (QED) is 0.800. The summed E-state index contributed by atoms with van der Waals surface area (Å²) in [4.78, 5) is 31.2. The Balaban J connectivity index is 1.45. The first-order valence-corrected chi connectivity index (χ1v) is 9.59. The van der Waals surface area contributed by atoms with E-state index in [2.05, 4.69) is 4.90 Å². The summed E-state index contributed by atoms with van der Waals surface area (Å²) in [5, 5.41) is 0.720. The van der Waals surface area contributed by atoms with Crippen molar-refractivity contribution in [1.82, 2.24) is 4.90 Å². The van der Waals surface area contributed by atoms with Crippen LogP contribution in [0.3, 0.4) is 0 Å². The molecule has 4 rings (SSSR count). The summed E-state index contributed by atoms with van der Waals surface area (Å²) in [6, 6.07) is 15.1. The summed E-state index contributed by atoms with van der Waals surface area (Å²) in [7, 11) is 0. The Bertz CT molecular complexity index is 860. The van der Waals surface area contributed by atoms with Crippen LogP contribution in [0.25, 0.3) is 0 Å². The first-order valence-electron chi connectivity index (χ1n) is 9.21. The van der Waals surface area contributed by atoms with E-state index in [-0.39, 0.29) is 11.8 Å². The van der Waals surface area contributed by atoms with Crippen molar-refractivity contribution in [2.45, 2.75) is 19.4 Å². The van der Waals surface area contributed by atoms with Crippen LogP contribution in [0.15, 0.2) is 48.5 Å². The van der Waals surface area contributed by atoms with Crippen LogP contribution in [0.5, 0.6) is 0 Å². The Morgan fingerprint density at radius 2 is 1.63 bits per heavy atom. The van der Waals surface area contributed by atoms with Crippen molar-refractivity contribution >= 4 is 34.8 Å². The maximum Gasteiger partial charge on any atom is 0.246 e. The molecule has 0 N–H and O–H groups in total.